The van der Waals surface area contributed by atoms with Crippen LogP contribution in [-0.4, -0.2) is 30.1 Å². The molecule has 2 atom stereocenters. The molecule has 0 fully saturated rings. The van der Waals surface area contributed by atoms with Crippen LogP contribution in [0.25, 0.3) is 0 Å². The van der Waals surface area contributed by atoms with E-state index in [4.69, 9.17) is 0 Å². The molecule has 1 aromatic carbocycles. The largest absolute Gasteiger partial charge is 0.481 e. The first-order valence-corrected chi connectivity index (χ1v) is 6.90. The Kier molecular flexibility index (Phi) is 4.93. The lowest BCUT2D eigenvalue weighted by atomic mass is 9.82. The van der Waals surface area contributed by atoms with Gasteiger partial charge in [-0.05, 0) is 25.0 Å². The molecule has 0 heterocycles. The van der Waals surface area contributed by atoms with E-state index in [1.165, 1.54) is 13.2 Å². The van der Waals surface area contributed by atoms with Crippen molar-refractivity contribution in [1.29, 1.82) is 0 Å². The lowest BCUT2D eigenvalue weighted by molar-refractivity contribution is -0.146. The van der Waals surface area contributed by atoms with Crippen LogP contribution in [0.3, 0.4) is 0 Å². The third kappa shape index (κ3) is 3.33. The summed E-state index contributed by atoms with van der Waals surface area (Å²) in [5, 5.41) is 11.9. The molecule has 6 nitrogen and oxygen atoms in total. The summed E-state index contributed by atoms with van der Waals surface area (Å²) < 4.78 is 4.67. The van der Waals surface area contributed by atoms with E-state index in [1.807, 2.05) is 0 Å². The van der Waals surface area contributed by atoms with Crippen molar-refractivity contribution in [2.45, 2.75) is 12.8 Å². The molecule has 22 heavy (non-hydrogen) atoms. The number of para-hydroxylation sites is 1. The van der Waals surface area contributed by atoms with E-state index in [0.717, 1.165) is 0 Å². The Morgan fingerprint density at radius 2 is 1.77 bits per heavy atom. The van der Waals surface area contributed by atoms with Crippen molar-refractivity contribution in [3.05, 3.63) is 42.0 Å². The van der Waals surface area contributed by atoms with Gasteiger partial charge in [0.1, 0.15) is 0 Å². The quantitative estimate of drug-likeness (QED) is 0.656. The van der Waals surface area contributed by atoms with Gasteiger partial charge in [0.2, 0.25) is 5.91 Å². The molecule has 1 amide bonds. The number of allylic oxidation sites excluding steroid dienone is 2. The third-order valence-electron chi connectivity index (χ3n) is 3.68. The summed E-state index contributed by atoms with van der Waals surface area (Å²) in [4.78, 5) is 35.3. The van der Waals surface area contributed by atoms with Gasteiger partial charge in [0, 0.05) is 0 Å². The minimum atomic E-state index is -0.995. The molecular weight excluding hydrogens is 286 g/mol. The zero-order valence-electron chi connectivity index (χ0n) is 12.1. The first kappa shape index (κ1) is 15.8. The fourth-order valence-corrected chi connectivity index (χ4v) is 2.48. The van der Waals surface area contributed by atoms with Crippen LogP contribution in [0.5, 0.6) is 0 Å². The third-order valence-corrected chi connectivity index (χ3v) is 3.68. The monoisotopic (exact) mass is 303 g/mol. The number of ether oxygens (including phenoxy) is 1. The van der Waals surface area contributed by atoms with Crippen molar-refractivity contribution in [2.75, 3.05) is 12.4 Å². The normalized spacial score (nSPS) is 20.2. The molecule has 116 valence electrons. The molecule has 0 saturated heterocycles. The molecule has 2 N–H and O–H groups in total. The van der Waals surface area contributed by atoms with Gasteiger partial charge in [0.05, 0.1) is 30.2 Å². The van der Waals surface area contributed by atoms with Gasteiger partial charge in [-0.2, -0.15) is 0 Å². The smallest absolute Gasteiger partial charge is 0.339 e. The Bertz CT molecular complexity index is 623. The highest BCUT2D eigenvalue weighted by Gasteiger charge is 2.34. The van der Waals surface area contributed by atoms with Gasteiger partial charge in [-0.25, -0.2) is 4.79 Å². The molecule has 0 unspecified atom stereocenters. The minimum Gasteiger partial charge on any atom is -0.481 e. The molecular formula is C16H17NO5. The number of anilines is 1. The summed E-state index contributed by atoms with van der Waals surface area (Å²) in [5.41, 5.74) is 0.551. The number of hydrogen-bond donors (Lipinski definition) is 2. The Balaban J connectivity index is 2.20. The highest BCUT2D eigenvalue weighted by atomic mass is 16.5. The minimum absolute atomic E-state index is 0.233. The summed E-state index contributed by atoms with van der Waals surface area (Å²) in [6.07, 6.45) is 4.26. The summed E-state index contributed by atoms with van der Waals surface area (Å²) in [5.74, 6) is -3.38. The summed E-state index contributed by atoms with van der Waals surface area (Å²) in [6.45, 7) is 0. The van der Waals surface area contributed by atoms with Gasteiger partial charge in [-0.1, -0.05) is 24.3 Å². The van der Waals surface area contributed by atoms with Gasteiger partial charge >= 0.3 is 11.9 Å². The zero-order chi connectivity index (χ0) is 16.1. The predicted octanol–water partition coefficient (Wildman–Crippen LogP) is 2.08. The predicted molar refractivity (Wildman–Crippen MR) is 79.4 cm³/mol. The van der Waals surface area contributed by atoms with Crippen molar-refractivity contribution < 1.29 is 24.2 Å². The van der Waals surface area contributed by atoms with Crippen molar-refractivity contribution >= 4 is 23.5 Å². The van der Waals surface area contributed by atoms with E-state index in [2.05, 4.69) is 10.1 Å². The fraction of sp³-hybridized carbons (Fsp3) is 0.312. The second-order valence-corrected chi connectivity index (χ2v) is 5.02. The van der Waals surface area contributed by atoms with E-state index in [1.54, 1.807) is 30.4 Å². The summed E-state index contributed by atoms with van der Waals surface area (Å²) in [6, 6.07) is 6.46. The molecule has 0 spiro atoms. The molecule has 1 aliphatic carbocycles. The van der Waals surface area contributed by atoms with Crippen molar-refractivity contribution in [2.24, 2.45) is 11.8 Å². The molecule has 0 bridgehead atoms. The Labute approximate surface area is 127 Å². The maximum absolute atomic E-state index is 12.4. The highest BCUT2D eigenvalue weighted by molar-refractivity contribution is 6.02. The number of carbonyl (C=O) groups excluding carboxylic acids is 2. The van der Waals surface area contributed by atoms with Crippen LogP contribution in [-0.2, 0) is 14.3 Å². The second kappa shape index (κ2) is 6.89. The number of carboxylic acids is 1. The maximum Gasteiger partial charge on any atom is 0.339 e. The molecule has 0 radical (unpaired) electrons. The zero-order valence-corrected chi connectivity index (χ0v) is 12.1. The summed E-state index contributed by atoms with van der Waals surface area (Å²) >= 11 is 0. The number of methoxy groups -OCH3 is 1. The van der Waals surface area contributed by atoms with Gasteiger partial charge < -0.3 is 15.2 Å². The molecule has 0 aliphatic heterocycles. The molecule has 1 aliphatic rings. The van der Waals surface area contributed by atoms with Crippen molar-refractivity contribution in [3.8, 4) is 0 Å². The number of benzene rings is 1. The van der Waals surface area contributed by atoms with Crippen LogP contribution in [0.1, 0.15) is 23.2 Å². The van der Waals surface area contributed by atoms with E-state index in [9.17, 15) is 19.5 Å². The number of aliphatic carboxylic acids is 1. The average Bonchev–Trinajstić information content (AvgIpc) is 2.54. The Morgan fingerprint density at radius 3 is 2.41 bits per heavy atom. The van der Waals surface area contributed by atoms with Crippen LogP contribution in [0.4, 0.5) is 5.69 Å². The van der Waals surface area contributed by atoms with Crippen molar-refractivity contribution in [1.82, 2.24) is 0 Å². The topological polar surface area (TPSA) is 92.7 Å². The van der Waals surface area contributed by atoms with Crippen LogP contribution in [0.2, 0.25) is 0 Å². The molecule has 2 rings (SSSR count). The lowest BCUT2D eigenvalue weighted by Gasteiger charge is -2.24. The van der Waals surface area contributed by atoms with E-state index in [-0.39, 0.29) is 5.56 Å². The van der Waals surface area contributed by atoms with E-state index < -0.39 is 29.7 Å². The van der Waals surface area contributed by atoms with Crippen LogP contribution in [0.15, 0.2) is 36.4 Å². The number of esters is 1. The lowest BCUT2D eigenvalue weighted by Crippen LogP contribution is -2.35. The molecule has 0 aromatic heterocycles. The Hall–Kier alpha value is -2.63. The number of amides is 1. The van der Waals surface area contributed by atoms with Crippen molar-refractivity contribution in [3.63, 3.8) is 0 Å². The first-order valence-electron chi connectivity index (χ1n) is 6.90. The number of hydrogen-bond acceptors (Lipinski definition) is 4. The molecule has 1 aromatic rings. The molecule has 0 saturated carbocycles. The van der Waals surface area contributed by atoms with Crippen LogP contribution < -0.4 is 5.32 Å². The highest BCUT2D eigenvalue weighted by Crippen LogP contribution is 2.28. The Morgan fingerprint density at radius 1 is 1.14 bits per heavy atom. The number of rotatable bonds is 4. The molecule has 6 heteroatoms. The van der Waals surface area contributed by atoms with E-state index in [0.29, 0.717) is 18.5 Å². The average molecular weight is 303 g/mol. The maximum atomic E-state index is 12.4. The first-order chi connectivity index (χ1) is 10.5. The van der Waals surface area contributed by atoms with Gasteiger partial charge in [0.25, 0.3) is 0 Å². The van der Waals surface area contributed by atoms with Crippen LogP contribution in [0, 0.1) is 11.8 Å². The SMILES string of the molecule is COC(=O)c1ccccc1NC(=O)[C@H]1CC=CC[C@H]1C(=O)O. The van der Waals surface area contributed by atoms with Gasteiger partial charge in [0.15, 0.2) is 0 Å². The van der Waals surface area contributed by atoms with Crippen LogP contribution >= 0.6 is 0 Å². The van der Waals surface area contributed by atoms with E-state index >= 15 is 0 Å². The number of nitrogens with one attached hydrogen (secondary N) is 1. The van der Waals surface area contributed by atoms with Gasteiger partial charge in [-0.3, -0.25) is 9.59 Å². The summed E-state index contributed by atoms with van der Waals surface area (Å²) in [7, 11) is 1.26. The second-order valence-electron chi connectivity index (χ2n) is 5.02. The number of carbonyl (C=O) groups is 3. The standard InChI is InChI=1S/C16H17NO5/c1-22-16(21)12-8-4-5-9-13(12)17-14(18)10-6-2-3-7-11(10)15(19)20/h2-5,8-11H,6-7H2,1H3,(H,17,18)(H,19,20)/t10-,11+/m0/s1. The van der Waals surface area contributed by atoms with Gasteiger partial charge in [-0.15, -0.1) is 0 Å². The fourth-order valence-electron chi connectivity index (χ4n) is 2.48. The number of carboxylic acid groups (broad SMARTS) is 1.